The van der Waals surface area contributed by atoms with Gasteiger partial charge >= 0.3 is 0 Å². The summed E-state index contributed by atoms with van der Waals surface area (Å²) in [4.78, 5) is 1.28. The molecule has 19 heavy (non-hydrogen) atoms. The number of sulfonamides is 1. The quantitative estimate of drug-likeness (QED) is 0.776. The van der Waals surface area contributed by atoms with Crippen molar-refractivity contribution in [1.82, 2.24) is 10.0 Å². The van der Waals surface area contributed by atoms with E-state index in [2.05, 4.69) is 23.9 Å². The SMILES string of the molecule is CC(C)CCNS(=O)(=O)c1ccsc1CNC(C)C. The molecule has 0 atom stereocenters. The van der Waals surface area contributed by atoms with Crippen molar-refractivity contribution in [2.75, 3.05) is 6.54 Å². The highest BCUT2D eigenvalue weighted by Crippen LogP contribution is 2.21. The molecule has 0 saturated heterocycles. The molecule has 0 aliphatic rings. The van der Waals surface area contributed by atoms with Crippen LogP contribution in [-0.2, 0) is 16.6 Å². The zero-order valence-electron chi connectivity index (χ0n) is 12.1. The van der Waals surface area contributed by atoms with Gasteiger partial charge < -0.3 is 5.32 Å². The normalized spacial score (nSPS) is 12.5. The van der Waals surface area contributed by atoms with Gasteiger partial charge in [-0.3, -0.25) is 0 Å². The van der Waals surface area contributed by atoms with Crippen molar-refractivity contribution in [3.63, 3.8) is 0 Å². The molecule has 0 fully saturated rings. The van der Waals surface area contributed by atoms with E-state index in [9.17, 15) is 8.42 Å². The van der Waals surface area contributed by atoms with Crippen molar-refractivity contribution in [3.8, 4) is 0 Å². The summed E-state index contributed by atoms with van der Waals surface area (Å²) in [5.74, 6) is 0.493. The third kappa shape index (κ3) is 5.60. The van der Waals surface area contributed by atoms with E-state index in [1.165, 1.54) is 11.3 Å². The maximum Gasteiger partial charge on any atom is 0.241 e. The molecule has 1 aromatic heterocycles. The summed E-state index contributed by atoms with van der Waals surface area (Å²) in [6.45, 7) is 9.34. The molecule has 0 spiro atoms. The first-order chi connectivity index (χ1) is 8.83. The molecule has 0 aliphatic carbocycles. The van der Waals surface area contributed by atoms with Crippen LogP contribution in [0.2, 0.25) is 0 Å². The molecule has 1 aromatic rings. The second kappa shape index (κ2) is 7.38. The Balaban J connectivity index is 2.70. The molecule has 0 aromatic carbocycles. The fraction of sp³-hybridized carbons (Fsp3) is 0.692. The van der Waals surface area contributed by atoms with Gasteiger partial charge in [-0.2, -0.15) is 0 Å². The van der Waals surface area contributed by atoms with Gasteiger partial charge in [0.1, 0.15) is 0 Å². The van der Waals surface area contributed by atoms with E-state index in [1.807, 2.05) is 19.2 Å². The Kier molecular flexibility index (Phi) is 6.46. The zero-order valence-corrected chi connectivity index (χ0v) is 13.7. The predicted molar refractivity (Wildman–Crippen MR) is 80.9 cm³/mol. The maximum absolute atomic E-state index is 12.2. The number of hydrogen-bond acceptors (Lipinski definition) is 4. The van der Waals surface area contributed by atoms with E-state index in [4.69, 9.17) is 0 Å². The Bertz CT molecular complexity index is 479. The van der Waals surface area contributed by atoms with E-state index < -0.39 is 10.0 Å². The minimum Gasteiger partial charge on any atom is -0.310 e. The number of nitrogens with one attached hydrogen (secondary N) is 2. The van der Waals surface area contributed by atoms with Gasteiger partial charge in [0.25, 0.3) is 0 Å². The van der Waals surface area contributed by atoms with Crippen molar-refractivity contribution in [2.24, 2.45) is 5.92 Å². The number of hydrogen-bond donors (Lipinski definition) is 2. The van der Waals surface area contributed by atoms with E-state index in [-0.39, 0.29) is 0 Å². The second-order valence-electron chi connectivity index (χ2n) is 5.32. The molecular formula is C13H24N2O2S2. The van der Waals surface area contributed by atoms with E-state index in [0.29, 0.717) is 29.9 Å². The number of rotatable bonds is 8. The van der Waals surface area contributed by atoms with Gasteiger partial charge in [0, 0.05) is 24.0 Å². The summed E-state index contributed by atoms with van der Waals surface area (Å²) in [7, 11) is -3.37. The maximum atomic E-state index is 12.2. The minimum absolute atomic E-state index is 0.339. The van der Waals surface area contributed by atoms with Crippen LogP contribution < -0.4 is 10.0 Å². The highest BCUT2D eigenvalue weighted by atomic mass is 32.2. The van der Waals surface area contributed by atoms with Gasteiger partial charge in [0.2, 0.25) is 10.0 Å². The fourth-order valence-electron chi connectivity index (χ4n) is 1.55. The van der Waals surface area contributed by atoms with Gasteiger partial charge in [-0.05, 0) is 23.8 Å². The molecule has 0 unspecified atom stereocenters. The van der Waals surface area contributed by atoms with Crippen molar-refractivity contribution in [2.45, 2.75) is 51.6 Å². The molecule has 0 radical (unpaired) electrons. The van der Waals surface area contributed by atoms with Gasteiger partial charge in [-0.1, -0.05) is 27.7 Å². The van der Waals surface area contributed by atoms with Crippen molar-refractivity contribution in [3.05, 3.63) is 16.3 Å². The summed E-state index contributed by atoms with van der Waals surface area (Å²) in [5.41, 5.74) is 0. The average Bonchev–Trinajstić information content (AvgIpc) is 2.74. The monoisotopic (exact) mass is 304 g/mol. The molecule has 0 bridgehead atoms. The topological polar surface area (TPSA) is 58.2 Å². The first kappa shape index (κ1) is 16.6. The van der Waals surface area contributed by atoms with Crippen molar-refractivity contribution >= 4 is 21.4 Å². The Labute approximate surface area is 120 Å². The van der Waals surface area contributed by atoms with Crippen LogP contribution in [0.1, 0.15) is 39.0 Å². The zero-order chi connectivity index (χ0) is 14.5. The van der Waals surface area contributed by atoms with Crippen LogP contribution in [0.25, 0.3) is 0 Å². The Hall–Kier alpha value is -0.430. The summed E-state index contributed by atoms with van der Waals surface area (Å²) in [5, 5.41) is 5.08. The minimum atomic E-state index is -3.37. The molecule has 110 valence electrons. The molecule has 1 rings (SSSR count). The van der Waals surface area contributed by atoms with Crippen LogP contribution in [0.5, 0.6) is 0 Å². The first-order valence-corrected chi connectivity index (χ1v) is 8.98. The summed E-state index contributed by atoms with van der Waals surface area (Å²) < 4.78 is 27.1. The summed E-state index contributed by atoms with van der Waals surface area (Å²) in [6, 6.07) is 2.02. The second-order valence-corrected chi connectivity index (χ2v) is 8.06. The highest BCUT2D eigenvalue weighted by Gasteiger charge is 2.19. The molecule has 0 amide bonds. The first-order valence-electron chi connectivity index (χ1n) is 6.62. The lowest BCUT2D eigenvalue weighted by Crippen LogP contribution is -2.27. The van der Waals surface area contributed by atoms with Crippen LogP contribution >= 0.6 is 11.3 Å². The van der Waals surface area contributed by atoms with E-state index >= 15 is 0 Å². The van der Waals surface area contributed by atoms with Gasteiger partial charge in [-0.25, -0.2) is 13.1 Å². The summed E-state index contributed by atoms with van der Waals surface area (Å²) >= 11 is 1.48. The van der Waals surface area contributed by atoms with Crippen LogP contribution in [0.3, 0.4) is 0 Å². The standard InChI is InChI=1S/C13H24N2O2S2/c1-10(2)5-7-15-19(16,17)13-6-8-18-12(13)9-14-11(3)4/h6,8,10-11,14-15H,5,7,9H2,1-4H3. The Morgan fingerprint density at radius 2 is 1.95 bits per heavy atom. The van der Waals surface area contributed by atoms with Crippen molar-refractivity contribution in [1.29, 1.82) is 0 Å². The fourth-order valence-corrected chi connectivity index (χ4v) is 3.99. The highest BCUT2D eigenvalue weighted by molar-refractivity contribution is 7.89. The third-order valence-corrected chi connectivity index (χ3v) is 5.27. The summed E-state index contributed by atoms with van der Waals surface area (Å²) in [6.07, 6.45) is 0.850. The van der Waals surface area contributed by atoms with Gasteiger partial charge in [0.05, 0.1) is 4.90 Å². The van der Waals surface area contributed by atoms with Gasteiger partial charge in [-0.15, -0.1) is 11.3 Å². The molecule has 0 saturated carbocycles. The largest absolute Gasteiger partial charge is 0.310 e. The van der Waals surface area contributed by atoms with E-state index in [0.717, 1.165) is 11.3 Å². The molecule has 6 heteroatoms. The Morgan fingerprint density at radius 3 is 2.53 bits per heavy atom. The van der Waals surface area contributed by atoms with E-state index in [1.54, 1.807) is 6.07 Å². The molecule has 2 N–H and O–H groups in total. The third-order valence-electron chi connectivity index (χ3n) is 2.68. The van der Waals surface area contributed by atoms with Crippen LogP contribution in [0.4, 0.5) is 0 Å². The molecular weight excluding hydrogens is 280 g/mol. The predicted octanol–water partition coefficient (Wildman–Crippen LogP) is 2.57. The number of thiophene rings is 1. The van der Waals surface area contributed by atoms with Crippen LogP contribution in [0.15, 0.2) is 16.3 Å². The molecule has 0 aliphatic heterocycles. The average molecular weight is 304 g/mol. The lowest BCUT2D eigenvalue weighted by atomic mass is 10.1. The lowest BCUT2D eigenvalue weighted by molar-refractivity contribution is 0.549. The molecule has 1 heterocycles. The van der Waals surface area contributed by atoms with Crippen LogP contribution in [0, 0.1) is 5.92 Å². The Morgan fingerprint density at radius 1 is 1.26 bits per heavy atom. The molecule has 4 nitrogen and oxygen atoms in total. The smallest absolute Gasteiger partial charge is 0.241 e. The van der Waals surface area contributed by atoms with Gasteiger partial charge in [0.15, 0.2) is 0 Å². The van der Waals surface area contributed by atoms with Crippen LogP contribution in [-0.4, -0.2) is 21.0 Å². The lowest BCUT2D eigenvalue weighted by Gasteiger charge is -2.11. The van der Waals surface area contributed by atoms with Crippen molar-refractivity contribution < 1.29 is 8.42 Å².